The monoisotopic (exact) mass is 396 g/mol. The molecule has 1 aliphatic rings. The lowest BCUT2D eigenvalue weighted by Crippen LogP contribution is -2.44. The maximum atomic E-state index is 13.7. The van der Waals surface area contributed by atoms with Crippen molar-refractivity contribution in [2.24, 2.45) is 10.7 Å². The van der Waals surface area contributed by atoms with Crippen LogP contribution in [0, 0.1) is 5.82 Å². The number of halogens is 4. The molecule has 7 nitrogen and oxygen atoms in total. The summed E-state index contributed by atoms with van der Waals surface area (Å²) >= 11 is 0. The zero-order valence-corrected chi connectivity index (χ0v) is 14.4. The molecule has 0 saturated heterocycles. The van der Waals surface area contributed by atoms with E-state index in [9.17, 15) is 22.4 Å². The molecule has 3 rings (SSSR count). The van der Waals surface area contributed by atoms with Gasteiger partial charge in [-0.05, 0) is 24.6 Å². The van der Waals surface area contributed by atoms with Gasteiger partial charge in [0.15, 0.2) is 17.6 Å². The minimum atomic E-state index is -4.87. The van der Waals surface area contributed by atoms with Crippen molar-refractivity contribution in [2.75, 3.05) is 0 Å². The molecule has 146 valence electrons. The Hall–Kier alpha value is -3.55. The molecule has 0 radical (unpaired) electrons. The summed E-state index contributed by atoms with van der Waals surface area (Å²) in [4.78, 5) is 15.7. The van der Waals surface area contributed by atoms with Gasteiger partial charge in [0.25, 0.3) is 0 Å². The van der Waals surface area contributed by atoms with Crippen LogP contribution in [0.15, 0.2) is 33.3 Å². The Morgan fingerprint density at radius 2 is 2.18 bits per heavy atom. The van der Waals surface area contributed by atoms with Crippen molar-refractivity contribution < 1.29 is 26.8 Å². The number of urea groups is 1. The molecule has 1 aromatic heterocycles. The first kappa shape index (κ1) is 19.2. The second kappa shape index (κ2) is 7.22. The van der Waals surface area contributed by atoms with Crippen molar-refractivity contribution in [3.63, 3.8) is 0 Å². The molecule has 2 heterocycles. The quantitative estimate of drug-likeness (QED) is 0.544. The highest BCUT2D eigenvalue weighted by Gasteiger charge is 2.45. The standard InChI is InChI=1S/C17H13F4N5O2/c1-2-10-11-5-8(18)3-4-12(11)28-13(10)14(17(19,20)21)26-16(27)25-9-6-23-15(22)24-7-9/h3-6,14,22H,2H2,1H3,(H2,25,26,27)/p+1/t14-/m0/s1. The Bertz CT molecular complexity index is 1070. The normalized spacial score (nSPS) is 14.6. The average Bonchev–Trinajstić information content (AvgIpc) is 2.97. The third-order valence-electron chi connectivity index (χ3n) is 3.87. The fourth-order valence-electron chi connectivity index (χ4n) is 2.69. The number of rotatable bonds is 4. The van der Waals surface area contributed by atoms with Crippen LogP contribution in [-0.4, -0.2) is 30.3 Å². The topological polar surface area (TPSA) is 107 Å². The summed E-state index contributed by atoms with van der Waals surface area (Å²) in [5, 5.41) is 4.17. The number of allylic oxidation sites excluding steroid dienone is 1. The van der Waals surface area contributed by atoms with Gasteiger partial charge in [-0.15, -0.1) is 0 Å². The number of carbonyl (C=O) groups is 1. The highest BCUT2D eigenvalue weighted by molar-refractivity contribution is 6.03. The minimum absolute atomic E-state index is 0.0741. The smallest absolute Gasteiger partial charge is 0.458 e. The first-order valence-electron chi connectivity index (χ1n) is 8.04. The Balaban J connectivity index is 1.96. The molecule has 0 aliphatic carbocycles. The summed E-state index contributed by atoms with van der Waals surface area (Å²) in [6.45, 7) is 1.60. The first-order valence-corrected chi connectivity index (χ1v) is 8.04. The number of furan rings is 1. The number of hydrogen-bond acceptors (Lipinski definition) is 4. The van der Waals surface area contributed by atoms with Crippen molar-refractivity contribution in [2.45, 2.75) is 25.6 Å². The molecule has 11 heteroatoms. The van der Waals surface area contributed by atoms with Gasteiger partial charge in [0.2, 0.25) is 0 Å². The van der Waals surface area contributed by atoms with Crippen molar-refractivity contribution in [3.8, 4) is 0 Å². The summed E-state index contributed by atoms with van der Waals surface area (Å²) < 4.78 is 63.3. The van der Waals surface area contributed by atoms with E-state index in [2.05, 4.69) is 20.8 Å². The highest BCUT2D eigenvalue weighted by Crippen LogP contribution is 2.39. The third kappa shape index (κ3) is 3.90. The largest absolute Gasteiger partial charge is 0.487 e. The number of nitrogens with zero attached hydrogens (tertiary/aromatic N) is 2. The van der Waals surface area contributed by atoms with E-state index in [1.807, 2.05) is 5.32 Å². The summed E-state index contributed by atoms with van der Waals surface area (Å²) in [7, 11) is 0. The molecular formula is C17H14F4N5O2+. The molecule has 4 N–H and O–H groups in total. The van der Waals surface area contributed by atoms with Gasteiger partial charge in [0.05, 0.1) is 0 Å². The minimum Gasteiger partial charge on any atom is -0.458 e. The summed E-state index contributed by atoms with van der Waals surface area (Å²) in [5.41, 5.74) is 5.45. The van der Waals surface area contributed by atoms with Gasteiger partial charge < -0.3 is 9.73 Å². The van der Waals surface area contributed by atoms with Crippen molar-refractivity contribution in [1.82, 2.24) is 15.3 Å². The average molecular weight is 396 g/mol. The number of alkyl halides is 3. The van der Waals surface area contributed by atoms with Crippen LogP contribution < -0.4 is 21.0 Å². The lowest BCUT2D eigenvalue weighted by atomic mass is 10.0. The maximum Gasteiger partial charge on any atom is 0.487 e. The molecule has 0 saturated carbocycles. The van der Waals surface area contributed by atoms with E-state index >= 15 is 0 Å². The Morgan fingerprint density at radius 3 is 2.79 bits per heavy atom. The summed E-state index contributed by atoms with van der Waals surface area (Å²) in [6.07, 6.45) is -3.64. The van der Waals surface area contributed by atoms with Crippen LogP contribution in [-0.2, 0) is 6.42 Å². The van der Waals surface area contributed by atoms with Crippen LogP contribution in [0.25, 0.3) is 11.0 Å². The number of benzene rings is 1. The van der Waals surface area contributed by atoms with Gasteiger partial charge in [-0.3, -0.25) is 11.1 Å². The zero-order valence-electron chi connectivity index (χ0n) is 14.4. The molecular weight excluding hydrogens is 382 g/mol. The second-order valence-electron chi connectivity index (χ2n) is 5.77. The summed E-state index contributed by atoms with van der Waals surface area (Å²) in [5.74, 6) is 1.08. The molecule has 2 aromatic rings. The van der Waals surface area contributed by atoms with Crippen LogP contribution in [0.5, 0.6) is 0 Å². The molecule has 1 atom stereocenters. The van der Waals surface area contributed by atoms with Gasteiger partial charge in [-0.25, -0.2) is 9.18 Å². The molecule has 0 fully saturated rings. The third-order valence-corrected chi connectivity index (χ3v) is 3.87. The Morgan fingerprint density at radius 1 is 1.43 bits per heavy atom. The molecule has 1 aliphatic heterocycles. The lowest BCUT2D eigenvalue weighted by Gasteiger charge is -2.21. The van der Waals surface area contributed by atoms with Crippen LogP contribution in [0.2, 0.25) is 0 Å². The van der Waals surface area contributed by atoms with Gasteiger partial charge in [0, 0.05) is 10.9 Å². The number of guanidine groups is 1. The highest BCUT2D eigenvalue weighted by atomic mass is 19.4. The number of aliphatic imine (C=N–C) groups is 1. The van der Waals surface area contributed by atoms with Crippen LogP contribution in [0.4, 0.5) is 22.4 Å². The van der Waals surface area contributed by atoms with Crippen LogP contribution in [0.1, 0.15) is 24.3 Å². The van der Waals surface area contributed by atoms with E-state index in [-0.39, 0.29) is 34.6 Å². The number of amides is 2. The fraction of sp³-hybridized carbons (Fsp3) is 0.235. The van der Waals surface area contributed by atoms with Gasteiger partial charge in [0.1, 0.15) is 23.4 Å². The van der Waals surface area contributed by atoms with Gasteiger partial charge in [-0.2, -0.15) is 17.8 Å². The predicted octanol–water partition coefficient (Wildman–Crippen LogP) is 2.06. The van der Waals surface area contributed by atoms with Gasteiger partial charge >= 0.3 is 18.2 Å². The van der Waals surface area contributed by atoms with Crippen molar-refractivity contribution in [1.29, 1.82) is 0 Å². The molecule has 0 unspecified atom stereocenters. The summed E-state index contributed by atoms with van der Waals surface area (Å²) in [6, 6.07) is -0.223. The van der Waals surface area contributed by atoms with E-state index in [1.165, 1.54) is 6.07 Å². The number of hydrogen-bond donors (Lipinski definition) is 3. The van der Waals surface area contributed by atoms with Crippen LogP contribution in [0.3, 0.4) is 0 Å². The Kier molecular flexibility index (Phi) is 4.96. The lowest BCUT2D eigenvalue weighted by molar-refractivity contribution is -0.158. The fourth-order valence-corrected chi connectivity index (χ4v) is 2.69. The van der Waals surface area contributed by atoms with E-state index in [4.69, 9.17) is 10.2 Å². The molecule has 28 heavy (non-hydrogen) atoms. The van der Waals surface area contributed by atoms with E-state index in [1.54, 1.807) is 6.92 Å². The van der Waals surface area contributed by atoms with E-state index in [0.717, 1.165) is 18.3 Å². The van der Waals surface area contributed by atoms with Crippen molar-refractivity contribution >= 4 is 35.0 Å². The van der Waals surface area contributed by atoms with Crippen molar-refractivity contribution in [3.05, 3.63) is 41.0 Å². The number of fused-ring (bicyclic) bond motifs is 1. The maximum absolute atomic E-state index is 13.7. The zero-order chi connectivity index (χ0) is 20.5. The predicted molar refractivity (Wildman–Crippen MR) is 94.4 cm³/mol. The van der Waals surface area contributed by atoms with E-state index in [0.29, 0.717) is 0 Å². The molecule has 1 aromatic carbocycles. The number of nitrogens with two attached hydrogens (primary N) is 1. The SMILES string of the molecule is CCc1c([C@H](NC(=O)NC2=C=[N+]=C(N)N=C2)C(F)(F)F)oc2ccc(F)cc12. The first-order chi connectivity index (χ1) is 13.2. The molecule has 2 amide bonds. The molecule has 0 spiro atoms. The Labute approximate surface area is 155 Å². The molecule has 0 bridgehead atoms. The van der Waals surface area contributed by atoms with Crippen LogP contribution >= 0.6 is 0 Å². The number of aryl methyl sites for hydroxylation is 1. The number of carbonyl (C=O) groups excluding carboxylic acids is 1. The van der Waals surface area contributed by atoms with E-state index < -0.39 is 29.8 Å². The van der Waals surface area contributed by atoms with Gasteiger partial charge in [-0.1, -0.05) is 11.9 Å². The second-order valence-corrected chi connectivity index (χ2v) is 5.77. The number of nitrogens with one attached hydrogen (secondary N) is 2.